The Balaban J connectivity index is 1.44. The van der Waals surface area contributed by atoms with Gasteiger partial charge in [-0.2, -0.15) is 0 Å². The van der Waals surface area contributed by atoms with E-state index in [2.05, 4.69) is 22.0 Å². The maximum absolute atomic E-state index is 12.2. The minimum Gasteiger partial charge on any atom is -0.387 e. The molecule has 3 rings (SSSR count). The molecule has 5 heteroatoms. The third kappa shape index (κ3) is 4.56. The van der Waals surface area contributed by atoms with Crippen LogP contribution in [0.5, 0.6) is 0 Å². The Morgan fingerprint density at radius 1 is 1.21 bits per heavy atom. The lowest BCUT2D eigenvalue weighted by atomic mass is 10.1. The number of nitrogens with one attached hydrogen (secondary N) is 1. The fourth-order valence-electron chi connectivity index (χ4n) is 3.19. The van der Waals surface area contributed by atoms with E-state index in [4.69, 9.17) is 0 Å². The first-order valence-electron chi connectivity index (χ1n) is 9.04. The van der Waals surface area contributed by atoms with E-state index in [-0.39, 0.29) is 11.9 Å². The Kier molecular flexibility index (Phi) is 5.54. The standard InChI is InChI=1S/C19H29N3O2/c1-14-3-5-16(6-4-14)18(23)13-21-9-11-22(12-10-21)15(2)19(24)20-17-7-8-17/h3-6,15,17-18,23H,7-13H2,1-2H3,(H,20,24). The van der Waals surface area contributed by atoms with Gasteiger partial charge in [0, 0.05) is 38.8 Å². The van der Waals surface area contributed by atoms with E-state index >= 15 is 0 Å². The number of hydrogen-bond acceptors (Lipinski definition) is 4. The van der Waals surface area contributed by atoms with E-state index in [0.717, 1.165) is 44.6 Å². The molecule has 0 radical (unpaired) electrons. The topological polar surface area (TPSA) is 55.8 Å². The highest BCUT2D eigenvalue weighted by Crippen LogP contribution is 2.20. The van der Waals surface area contributed by atoms with Crippen molar-refractivity contribution in [2.24, 2.45) is 0 Å². The molecule has 1 aliphatic heterocycles. The van der Waals surface area contributed by atoms with Gasteiger partial charge in [-0.15, -0.1) is 0 Å². The molecule has 1 aliphatic carbocycles. The van der Waals surface area contributed by atoms with Gasteiger partial charge < -0.3 is 10.4 Å². The summed E-state index contributed by atoms with van der Waals surface area (Å²) in [6.45, 7) is 8.23. The average molecular weight is 331 g/mol. The van der Waals surface area contributed by atoms with Crippen LogP contribution < -0.4 is 5.32 Å². The summed E-state index contributed by atoms with van der Waals surface area (Å²) in [6, 6.07) is 8.44. The molecule has 2 N–H and O–H groups in total. The number of piperazine rings is 1. The third-order valence-electron chi connectivity index (χ3n) is 5.15. The van der Waals surface area contributed by atoms with Crippen LogP contribution in [0, 0.1) is 6.92 Å². The molecule has 0 aromatic heterocycles. The van der Waals surface area contributed by atoms with Crippen molar-refractivity contribution >= 4 is 5.91 Å². The smallest absolute Gasteiger partial charge is 0.237 e. The van der Waals surface area contributed by atoms with Crippen LogP contribution in [0.3, 0.4) is 0 Å². The lowest BCUT2D eigenvalue weighted by Crippen LogP contribution is -2.54. The number of nitrogens with zero attached hydrogens (tertiary/aromatic N) is 2. The van der Waals surface area contributed by atoms with Crippen molar-refractivity contribution in [1.82, 2.24) is 15.1 Å². The van der Waals surface area contributed by atoms with Gasteiger partial charge >= 0.3 is 0 Å². The molecule has 132 valence electrons. The molecule has 5 nitrogen and oxygen atoms in total. The molecular formula is C19H29N3O2. The number of aliphatic hydroxyl groups excluding tert-OH is 1. The van der Waals surface area contributed by atoms with Crippen molar-refractivity contribution in [2.45, 2.75) is 44.9 Å². The lowest BCUT2D eigenvalue weighted by molar-refractivity contribution is -0.126. The molecule has 2 atom stereocenters. The number of β-amino-alcohol motifs (C(OH)–C–C–N with tert-alkyl or cyclic N) is 1. The summed E-state index contributed by atoms with van der Waals surface area (Å²) in [6.07, 6.45) is 1.81. The summed E-state index contributed by atoms with van der Waals surface area (Å²) >= 11 is 0. The molecule has 2 fully saturated rings. The highest BCUT2D eigenvalue weighted by atomic mass is 16.3. The van der Waals surface area contributed by atoms with Gasteiger partial charge in [0.05, 0.1) is 12.1 Å². The quantitative estimate of drug-likeness (QED) is 0.825. The van der Waals surface area contributed by atoms with E-state index in [1.807, 2.05) is 31.2 Å². The van der Waals surface area contributed by atoms with Gasteiger partial charge in [-0.3, -0.25) is 14.6 Å². The lowest BCUT2D eigenvalue weighted by Gasteiger charge is -2.38. The summed E-state index contributed by atoms with van der Waals surface area (Å²) in [5.74, 6) is 0.158. The van der Waals surface area contributed by atoms with Gasteiger partial charge in [-0.25, -0.2) is 0 Å². The number of benzene rings is 1. The van der Waals surface area contributed by atoms with Crippen molar-refractivity contribution in [1.29, 1.82) is 0 Å². The number of hydrogen-bond donors (Lipinski definition) is 2. The summed E-state index contributed by atoms with van der Waals surface area (Å²) in [5.41, 5.74) is 2.18. The van der Waals surface area contributed by atoms with Crippen LogP contribution in [-0.2, 0) is 4.79 Å². The van der Waals surface area contributed by atoms with Crippen LogP contribution in [0.4, 0.5) is 0 Å². The van der Waals surface area contributed by atoms with E-state index in [1.165, 1.54) is 5.56 Å². The Morgan fingerprint density at radius 3 is 2.42 bits per heavy atom. The van der Waals surface area contributed by atoms with E-state index in [1.54, 1.807) is 0 Å². The van der Waals surface area contributed by atoms with Crippen LogP contribution >= 0.6 is 0 Å². The average Bonchev–Trinajstić information content (AvgIpc) is 3.39. The summed E-state index contributed by atoms with van der Waals surface area (Å²) in [5, 5.41) is 13.5. The molecule has 0 bridgehead atoms. The largest absolute Gasteiger partial charge is 0.387 e. The fraction of sp³-hybridized carbons (Fsp3) is 0.632. The van der Waals surface area contributed by atoms with Crippen LogP contribution in [0.15, 0.2) is 24.3 Å². The predicted molar refractivity (Wildman–Crippen MR) is 94.8 cm³/mol. The minimum atomic E-state index is -0.451. The number of carbonyl (C=O) groups excluding carboxylic acids is 1. The molecule has 2 aliphatic rings. The zero-order valence-corrected chi connectivity index (χ0v) is 14.7. The zero-order valence-electron chi connectivity index (χ0n) is 14.7. The van der Waals surface area contributed by atoms with Crippen molar-refractivity contribution in [2.75, 3.05) is 32.7 Å². The monoisotopic (exact) mass is 331 g/mol. The van der Waals surface area contributed by atoms with E-state index in [9.17, 15) is 9.90 Å². The Bertz CT molecular complexity index is 548. The number of rotatable bonds is 6. The predicted octanol–water partition coefficient (Wildman–Crippen LogP) is 1.31. The number of aryl methyl sites for hydroxylation is 1. The molecule has 24 heavy (non-hydrogen) atoms. The first-order valence-corrected chi connectivity index (χ1v) is 9.04. The van der Waals surface area contributed by atoms with Crippen LogP contribution in [-0.4, -0.2) is 65.6 Å². The molecule has 1 saturated carbocycles. The number of aliphatic hydroxyl groups is 1. The first kappa shape index (κ1) is 17.4. The Labute approximate surface area is 144 Å². The normalized spacial score (nSPS) is 22.1. The summed E-state index contributed by atoms with van der Waals surface area (Å²) < 4.78 is 0. The van der Waals surface area contributed by atoms with E-state index in [0.29, 0.717) is 12.6 Å². The second-order valence-corrected chi connectivity index (χ2v) is 7.22. The first-order chi connectivity index (χ1) is 11.5. The molecule has 1 heterocycles. The highest BCUT2D eigenvalue weighted by Gasteiger charge is 2.30. The fourth-order valence-corrected chi connectivity index (χ4v) is 3.19. The second-order valence-electron chi connectivity index (χ2n) is 7.22. The van der Waals surface area contributed by atoms with Gasteiger partial charge in [-0.1, -0.05) is 29.8 Å². The Hall–Kier alpha value is -1.43. The van der Waals surface area contributed by atoms with Gasteiger partial charge in [-0.05, 0) is 32.3 Å². The molecular weight excluding hydrogens is 302 g/mol. The number of amides is 1. The van der Waals surface area contributed by atoms with Crippen molar-refractivity contribution < 1.29 is 9.90 Å². The number of carbonyl (C=O) groups is 1. The maximum atomic E-state index is 12.2. The SMILES string of the molecule is Cc1ccc(C(O)CN2CCN(C(C)C(=O)NC3CC3)CC2)cc1. The van der Waals surface area contributed by atoms with Gasteiger partial charge in [0.25, 0.3) is 0 Å². The Morgan fingerprint density at radius 2 is 1.83 bits per heavy atom. The molecule has 0 spiro atoms. The van der Waals surface area contributed by atoms with Crippen molar-refractivity contribution in [3.63, 3.8) is 0 Å². The highest BCUT2D eigenvalue weighted by molar-refractivity contribution is 5.81. The zero-order chi connectivity index (χ0) is 17.1. The molecule has 1 amide bonds. The molecule has 1 saturated heterocycles. The van der Waals surface area contributed by atoms with Crippen molar-refractivity contribution in [3.8, 4) is 0 Å². The third-order valence-corrected chi connectivity index (χ3v) is 5.15. The van der Waals surface area contributed by atoms with Crippen LogP contribution in [0.25, 0.3) is 0 Å². The van der Waals surface area contributed by atoms with E-state index < -0.39 is 6.10 Å². The molecule has 1 aromatic rings. The second kappa shape index (κ2) is 7.64. The summed E-state index contributed by atoms with van der Waals surface area (Å²) in [4.78, 5) is 16.7. The minimum absolute atomic E-state index is 0.0604. The molecule has 2 unspecified atom stereocenters. The van der Waals surface area contributed by atoms with Gasteiger partial charge in [0.15, 0.2) is 0 Å². The summed E-state index contributed by atoms with van der Waals surface area (Å²) in [7, 11) is 0. The molecule has 1 aromatic carbocycles. The van der Waals surface area contributed by atoms with Crippen LogP contribution in [0.2, 0.25) is 0 Å². The van der Waals surface area contributed by atoms with Crippen LogP contribution in [0.1, 0.15) is 37.0 Å². The van der Waals surface area contributed by atoms with Gasteiger partial charge in [0.1, 0.15) is 0 Å². The maximum Gasteiger partial charge on any atom is 0.237 e. The van der Waals surface area contributed by atoms with Crippen molar-refractivity contribution in [3.05, 3.63) is 35.4 Å². The van der Waals surface area contributed by atoms with Gasteiger partial charge in [0.2, 0.25) is 5.91 Å².